The summed E-state index contributed by atoms with van der Waals surface area (Å²) in [5.41, 5.74) is 2.72. The van der Waals surface area contributed by atoms with Gasteiger partial charge in [0.1, 0.15) is 5.82 Å². The van der Waals surface area contributed by atoms with E-state index in [-0.39, 0.29) is 5.82 Å². The van der Waals surface area contributed by atoms with Crippen molar-refractivity contribution in [3.05, 3.63) is 65.5 Å². The van der Waals surface area contributed by atoms with Gasteiger partial charge in [-0.15, -0.1) is 0 Å². The maximum atomic E-state index is 12.9. The Kier molecular flexibility index (Phi) is 3.10. The van der Waals surface area contributed by atoms with Gasteiger partial charge in [-0.3, -0.25) is 4.99 Å². The third-order valence-corrected chi connectivity index (χ3v) is 2.34. The Balaban J connectivity index is 2.24. The third kappa shape index (κ3) is 2.54. The zero-order chi connectivity index (χ0) is 11.4. The molecule has 0 atom stereocenters. The van der Waals surface area contributed by atoms with E-state index >= 15 is 0 Å². The number of para-hydroxylation sites is 1. The average Bonchev–Trinajstić information content (AvgIpc) is 2.29. The quantitative estimate of drug-likeness (QED) is 0.671. The van der Waals surface area contributed by atoms with E-state index in [1.165, 1.54) is 12.1 Å². The number of nitrogens with zero attached hydrogens (tertiary/aromatic N) is 1. The molecule has 0 aliphatic rings. The summed E-state index contributed by atoms with van der Waals surface area (Å²) in [5, 5.41) is 0. The third-order valence-electron chi connectivity index (χ3n) is 2.34. The summed E-state index contributed by atoms with van der Waals surface area (Å²) in [4.78, 5) is 4.32. The highest BCUT2D eigenvalue weighted by Crippen LogP contribution is 2.12. The fraction of sp³-hybridized carbons (Fsp3) is 0.0714. The summed E-state index contributed by atoms with van der Waals surface area (Å²) >= 11 is 0. The Bertz CT molecular complexity index is 503. The Morgan fingerprint density at radius 3 is 2.50 bits per heavy atom. The molecule has 80 valence electrons. The lowest BCUT2D eigenvalue weighted by molar-refractivity contribution is 0.626. The fourth-order valence-electron chi connectivity index (χ4n) is 1.44. The molecule has 1 nitrogen and oxygen atoms in total. The summed E-state index contributed by atoms with van der Waals surface area (Å²) in [6.45, 7) is 1.87. The molecular weight excluding hydrogens is 201 g/mol. The molecule has 0 bridgehead atoms. The molecule has 0 fully saturated rings. The largest absolute Gasteiger partial charge is 0.256 e. The molecule has 2 aromatic carbocycles. The summed E-state index contributed by atoms with van der Waals surface area (Å²) in [6.07, 6.45) is 1.75. The van der Waals surface area contributed by atoms with Crippen LogP contribution in [0.4, 0.5) is 10.1 Å². The molecule has 0 saturated heterocycles. The molecule has 2 heteroatoms. The number of halogens is 1. The maximum Gasteiger partial charge on any atom is 0.123 e. The molecule has 0 spiro atoms. The normalized spacial score (nSPS) is 10.9. The summed E-state index contributed by atoms with van der Waals surface area (Å²) in [7, 11) is 0. The fourth-order valence-corrected chi connectivity index (χ4v) is 1.44. The van der Waals surface area contributed by atoms with E-state index in [0.717, 1.165) is 16.8 Å². The summed E-state index contributed by atoms with van der Waals surface area (Å²) in [6, 6.07) is 14.4. The van der Waals surface area contributed by atoms with Gasteiger partial charge in [-0.1, -0.05) is 24.3 Å². The van der Waals surface area contributed by atoms with Gasteiger partial charge < -0.3 is 0 Å². The molecule has 16 heavy (non-hydrogen) atoms. The van der Waals surface area contributed by atoms with Crippen LogP contribution in [0.25, 0.3) is 0 Å². The highest BCUT2D eigenvalue weighted by molar-refractivity contribution is 5.83. The van der Waals surface area contributed by atoms with E-state index in [4.69, 9.17) is 0 Å². The van der Waals surface area contributed by atoms with E-state index < -0.39 is 0 Å². The van der Waals surface area contributed by atoms with Gasteiger partial charge in [-0.25, -0.2) is 4.39 Å². The molecule has 2 aromatic rings. The molecule has 0 aliphatic heterocycles. The Morgan fingerprint density at radius 1 is 1.06 bits per heavy atom. The molecule has 2 rings (SSSR count). The van der Waals surface area contributed by atoms with Crippen LogP contribution >= 0.6 is 0 Å². The van der Waals surface area contributed by atoms with E-state index in [2.05, 4.69) is 4.99 Å². The molecular formula is C14H12FN. The summed E-state index contributed by atoms with van der Waals surface area (Å²) in [5.74, 6) is -0.214. The standard InChI is InChI=1S/C14H12FN/c1-11-9-13(15)8-7-12(11)10-16-14-5-3-2-4-6-14/h2-10H,1H3. The van der Waals surface area contributed by atoms with Gasteiger partial charge in [0.25, 0.3) is 0 Å². The first-order valence-corrected chi connectivity index (χ1v) is 5.11. The Labute approximate surface area is 94.3 Å². The maximum absolute atomic E-state index is 12.9. The lowest BCUT2D eigenvalue weighted by Crippen LogP contribution is -1.87. The Morgan fingerprint density at radius 2 is 1.81 bits per heavy atom. The molecule has 0 heterocycles. The van der Waals surface area contributed by atoms with Gasteiger partial charge in [0.05, 0.1) is 5.69 Å². The second-order valence-electron chi connectivity index (χ2n) is 3.59. The van der Waals surface area contributed by atoms with Gasteiger partial charge in [-0.2, -0.15) is 0 Å². The first-order valence-electron chi connectivity index (χ1n) is 5.11. The van der Waals surface area contributed by atoms with Crippen molar-refractivity contribution in [2.24, 2.45) is 4.99 Å². The molecule has 0 saturated carbocycles. The van der Waals surface area contributed by atoms with Crippen LogP contribution in [-0.2, 0) is 0 Å². The second kappa shape index (κ2) is 4.71. The van der Waals surface area contributed by atoms with Crippen molar-refractivity contribution >= 4 is 11.9 Å². The van der Waals surface area contributed by atoms with Gasteiger partial charge >= 0.3 is 0 Å². The monoisotopic (exact) mass is 213 g/mol. The van der Waals surface area contributed by atoms with Crippen molar-refractivity contribution in [1.82, 2.24) is 0 Å². The molecule has 0 radical (unpaired) electrons. The minimum atomic E-state index is -0.214. The van der Waals surface area contributed by atoms with Gasteiger partial charge in [-0.05, 0) is 42.3 Å². The lowest BCUT2D eigenvalue weighted by Gasteiger charge is -1.99. The average molecular weight is 213 g/mol. The van der Waals surface area contributed by atoms with Crippen LogP contribution in [0.3, 0.4) is 0 Å². The van der Waals surface area contributed by atoms with Crippen LogP contribution in [0.5, 0.6) is 0 Å². The number of hydrogen-bond acceptors (Lipinski definition) is 1. The molecule has 0 N–H and O–H groups in total. The minimum absolute atomic E-state index is 0.214. The smallest absolute Gasteiger partial charge is 0.123 e. The summed E-state index contributed by atoms with van der Waals surface area (Å²) < 4.78 is 12.9. The van der Waals surface area contributed by atoms with Gasteiger partial charge in [0.15, 0.2) is 0 Å². The lowest BCUT2D eigenvalue weighted by atomic mass is 10.1. The number of rotatable bonds is 2. The predicted molar refractivity (Wildman–Crippen MR) is 64.8 cm³/mol. The highest BCUT2D eigenvalue weighted by Gasteiger charge is 1.96. The number of hydrogen-bond donors (Lipinski definition) is 0. The predicted octanol–water partition coefficient (Wildman–Crippen LogP) is 3.88. The number of aliphatic imine (C=N–C) groups is 1. The van der Waals surface area contributed by atoms with Crippen molar-refractivity contribution in [1.29, 1.82) is 0 Å². The van der Waals surface area contributed by atoms with Crippen molar-refractivity contribution in [3.8, 4) is 0 Å². The van der Waals surface area contributed by atoms with Crippen LogP contribution in [-0.4, -0.2) is 6.21 Å². The molecule has 0 aliphatic carbocycles. The second-order valence-corrected chi connectivity index (χ2v) is 3.59. The molecule has 0 unspecified atom stereocenters. The van der Waals surface area contributed by atoms with E-state index in [1.807, 2.05) is 37.3 Å². The SMILES string of the molecule is Cc1cc(F)ccc1C=Nc1ccccc1. The van der Waals surface area contributed by atoms with Crippen molar-refractivity contribution in [2.75, 3.05) is 0 Å². The Hall–Kier alpha value is -1.96. The van der Waals surface area contributed by atoms with E-state index in [1.54, 1.807) is 12.3 Å². The zero-order valence-electron chi connectivity index (χ0n) is 9.02. The zero-order valence-corrected chi connectivity index (χ0v) is 9.02. The van der Waals surface area contributed by atoms with Crippen molar-refractivity contribution in [3.63, 3.8) is 0 Å². The van der Waals surface area contributed by atoms with Crippen LogP contribution in [0.1, 0.15) is 11.1 Å². The van der Waals surface area contributed by atoms with Crippen LogP contribution in [0.2, 0.25) is 0 Å². The topological polar surface area (TPSA) is 12.4 Å². The first kappa shape index (κ1) is 10.6. The van der Waals surface area contributed by atoms with E-state index in [0.29, 0.717) is 0 Å². The number of benzene rings is 2. The van der Waals surface area contributed by atoms with Crippen molar-refractivity contribution in [2.45, 2.75) is 6.92 Å². The van der Waals surface area contributed by atoms with Gasteiger partial charge in [0.2, 0.25) is 0 Å². The van der Waals surface area contributed by atoms with Gasteiger partial charge in [0, 0.05) is 6.21 Å². The van der Waals surface area contributed by atoms with Crippen molar-refractivity contribution < 1.29 is 4.39 Å². The van der Waals surface area contributed by atoms with Crippen LogP contribution < -0.4 is 0 Å². The van der Waals surface area contributed by atoms with E-state index in [9.17, 15) is 4.39 Å². The minimum Gasteiger partial charge on any atom is -0.256 e. The highest BCUT2D eigenvalue weighted by atomic mass is 19.1. The number of aryl methyl sites for hydroxylation is 1. The first-order chi connectivity index (χ1) is 7.75. The van der Waals surface area contributed by atoms with Crippen LogP contribution in [0, 0.1) is 12.7 Å². The molecule has 0 amide bonds. The van der Waals surface area contributed by atoms with Crippen LogP contribution in [0.15, 0.2) is 53.5 Å². The molecule has 0 aromatic heterocycles.